The highest BCUT2D eigenvalue weighted by atomic mass is 16.5. The molecule has 0 bridgehead atoms. The predicted octanol–water partition coefficient (Wildman–Crippen LogP) is 2.13. The summed E-state index contributed by atoms with van der Waals surface area (Å²) >= 11 is 0. The minimum atomic E-state index is -0.303. The number of rotatable bonds is 5. The quantitative estimate of drug-likeness (QED) is 0.375. The van der Waals surface area contributed by atoms with Crippen molar-refractivity contribution in [1.82, 2.24) is 0 Å². The van der Waals surface area contributed by atoms with Crippen LogP contribution in [0, 0.1) is 5.92 Å². The van der Waals surface area contributed by atoms with Gasteiger partial charge in [-0.3, -0.25) is 0 Å². The zero-order valence-electron chi connectivity index (χ0n) is 8.79. The Kier molecular flexibility index (Phi) is 6.02. The van der Waals surface area contributed by atoms with E-state index in [1.165, 1.54) is 13.4 Å². The average molecular weight is 186 g/mol. The van der Waals surface area contributed by atoms with Gasteiger partial charge in [0.2, 0.25) is 0 Å². The van der Waals surface area contributed by atoms with Crippen molar-refractivity contribution in [1.29, 1.82) is 0 Å². The lowest BCUT2D eigenvalue weighted by molar-refractivity contribution is -0.136. The molecule has 0 fully saturated rings. The van der Waals surface area contributed by atoms with Gasteiger partial charge in [-0.2, -0.15) is 0 Å². The minimum absolute atomic E-state index is 0.180. The average Bonchev–Trinajstić information content (AvgIpc) is 2.17. The van der Waals surface area contributed by atoms with Crippen LogP contribution in [0.25, 0.3) is 0 Å². The van der Waals surface area contributed by atoms with Crippen LogP contribution in [0.3, 0.4) is 0 Å². The maximum absolute atomic E-state index is 11.2. The molecule has 0 aromatic carbocycles. The molecule has 0 heterocycles. The SMILES string of the molecule is CCOC=C(C(=O)OC)C(C)CC. The second kappa shape index (κ2) is 6.52. The lowest BCUT2D eigenvalue weighted by Crippen LogP contribution is -2.12. The molecule has 0 aliphatic heterocycles. The first-order chi connectivity index (χ1) is 6.17. The van der Waals surface area contributed by atoms with Gasteiger partial charge in [-0.25, -0.2) is 4.79 Å². The van der Waals surface area contributed by atoms with Gasteiger partial charge in [0, 0.05) is 0 Å². The third-order valence-electron chi connectivity index (χ3n) is 1.94. The lowest BCUT2D eigenvalue weighted by atomic mass is 10.00. The molecule has 0 rings (SSSR count). The predicted molar refractivity (Wildman–Crippen MR) is 51.2 cm³/mol. The van der Waals surface area contributed by atoms with Crippen molar-refractivity contribution < 1.29 is 14.3 Å². The van der Waals surface area contributed by atoms with Gasteiger partial charge in [0.05, 0.1) is 25.6 Å². The van der Waals surface area contributed by atoms with Gasteiger partial charge >= 0.3 is 5.97 Å². The number of hydrogen-bond acceptors (Lipinski definition) is 3. The maximum atomic E-state index is 11.2. The highest BCUT2D eigenvalue weighted by Crippen LogP contribution is 2.15. The Morgan fingerprint density at radius 1 is 1.46 bits per heavy atom. The van der Waals surface area contributed by atoms with Gasteiger partial charge in [0.25, 0.3) is 0 Å². The van der Waals surface area contributed by atoms with E-state index >= 15 is 0 Å². The minimum Gasteiger partial charge on any atom is -0.501 e. The second-order valence-corrected chi connectivity index (χ2v) is 2.83. The molecule has 1 unspecified atom stereocenters. The number of ether oxygens (including phenoxy) is 2. The first kappa shape index (κ1) is 12.0. The molecular formula is C10H18O3. The summed E-state index contributed by atoms with van der Waals surface area (Å²) in [6.07, 6.45) is 2.40. The highest BCUT2D eigenvalue weighted by Gasteiger charge is 2.16. The number of esters is 1. The molecule has 3 nitrogen and oxygen atoms in total. The summed E-state index contributed by atoms with van der Waals surface area (Å²) < 4.78 is 9.72. The molecule has 0 N–H and O–H groups in total. The van der Waals surface area contributed by atoms with E-state index in [0.717, 1.165) is 6.42 Å². The van der Waals surface area contributed by atoms with Gasteiger partial charge < -0.3 is 9.47 Å². The standard InChI is InChI=1S/C10H18O3/c1-5-8(3)9(7-13-6-2)10(11)12-4/h7-8H,5-6H2,1-4H3. The van der Waals surface area contributed by atoms with E-state index in [9.17, 15) is 4.79 Å². The third-order valence-corrected chi connectivity index (χ3v) is 1.94. The van der Waals surface area contributed by atoms with Crippen molar-refractivity contribution in [3.05, 3.63) is 11.8 Å². The van der Waals surface area contributed by atoms with Gasteiger partial charge in [0.15, 0.2) is 0 Å². The number of carbonyl (C=O) groups is 1. The van der Waals surface area contributed by atoms with Crippen LogP contribution < -0.4 is 0 Å². The van der Waals surface area contributed by atoms with Crippen molar-refractivity contribution in [2.24, 2.45) is 5.92 Å². The molecule has 0 aliphatic rings. The smallest absolute Gasteiger partial charge is 0.337 e. The van der Waals surface area contributed by atoms with Crippen LogP contribution in [0.15, 0.2) is 11.8 Å². The molecule has 3 heteroatoms. The zero-order chi connectivity index (χ0) is 10.3. The zero-order valence-corrected chi connectivity index (χ0v) is 8.79. The van der Waals surface area contributed by atoms with Crippen LogP contribution in [0.1, 0.15) is 27.2 Å². The molecule has 0 amide bonds. The maximum Gasteiger partial charge on any atom is 0.337 e. The third kappa shape index (κ3) is 3.97. The van der Waals surface area contributed by atoms with E-state index in [4.69, 9.17) is 4.74 Å². The van der Waals surface area contributed by atoms with Crippen LogP contribution in [-0.4, -0.2) is 19.7 Å². The fourth-order valence-electron chi connectivity index (χ4n) is 0.876. The summed E-state index contributed by atoms with van der Waals surface area (Å²) in [5.41, 5.74) is 0.604. The first-order valence-electron chi connectivity index (χ1n) is 4.57. The fraction of sp³-hybridized carbons (Fsp3) is 0.700. The molecule has 0 radical (unpaired) electrons. The Balaban J connectivity index is 4.44. The Hall–Kier alpha value is -0.990. The molecule has 0 aliphatic carbocycles. The van der Waals surface area contributed by atoms with Crippen LogP contribution >= 0.6 is 0 Å². The molecule has 13 heavy (non-hydrogen) atoms. The van der Waals surface area contributed by atoms with Crippen molar-refractivity contribution in [3.63, 3.8) is 0 Å². The van der Waals surface area contributed by atoms with E-state index in [0.29, 0.717) is 12.2 Å². The van der Waals surface area contributed by atoms with Crippen LogP contribution in [0.2, 0.25) is 0 Å². The molecule has 0 aromatic heterocycles. The number of methoxy groups -OCH3 is 1. The molecule has 1 atom stereocenters. The summed E-state index contributed by atoms with van der Waals surface area (Å²) in [5.74, 6) is -0.123. The largest absolute Gasteiger partial charge is 0.501 e. The van der Waals surface area contributed by atoms with Gasteiger partial charge in [-0.15, -0.1) is 0 Å². The van der Waals surface area contributed by atoms with Gasteiger partial charge in [0.1, 0.15) is 0 Å². The summed E-state index contributed by atoms with van der Waals surface area (Å²) in [6.45, 7) is 6.44. The molecule has 0 saturated carbocycles. The normalized spacial score (nSPS) is 13.7. The summed E-state index contributed by atoms with van der Waals surface area (Å²) in [4.78, 5) is 11.2. The summed E-state index contributed by atoms with van der Waals surface area (Å²) in [5, 5.41) is 0. The monoisotopic (exact) mass is 186 g/mol. The lowest BCUT2D eigenvalue weighted by Gasteiger charge is -2.11. The van der Waals surface area contributed by atoms with E-state index in [-0.39, 0.29) is 11.9 Å². The van der Waals surface area contributed by atoms with E-state index in [1.54, 1.807) is 0 Å². The van der Waals surface area contributed by atoms with Crippen molar-refractivity contribution in [2.75, 3.05) is 13.7 Å². The topological polar surface area (TPSA) is 35.5 Å². The molecule has 0 spiro atoms. The second-order valence-electron chi connectivity index (χ2n) is 2.83. The van der Waals surface area contributed by atoms with Gasteiger partial charge in [-0.05, 0) is 19.3 Å². The van der Waals surface area contributed by atoms with E-state index in [1.807, 2.05) is 20.8 Å². The molecule has 0 aromatic rings. The summed E-state index contributed by atoms with van der Waals surface area (Å²) in [6, 6.07) is 0. The Morgan fingerprint density at radius 2 is 2.08 bits per heavy atom. The van der Waals surface area contributed by atoms with Crippen LogP contribution in [0.5, 0.6) is 0 Å². The molecule has 76 valence electrons. The Bertz CT molecular complexity index is 185. The van der Waals surface area contributed by atoms with Crippen molar-refractivity contribution >= 4 is 5.97 Å². The fourth-order valence-corrected chi connectivity index (χ4v) is 0.876. The number of hydrogen-bond donors (Lipinski definition) is 0. The van der Waals surface area contributed by atoms with Crippen LogP contribution in [-0.2, 0) is 14.3 Å². The van der Waals surface area contributed by atoms with Crippen LogP contribution in [0.4, 0.5) is 0 Å². The number of carbonyl (C=O) groups excluding carboxylic acids is 1. The Morgan fingerprint density at radius 3 is 2.46 bits per heavy atom. The Labute approximate surface area is 79.7 Å². The highest BCUT2D eigenvalue weighted by molar-refractivity contribution is 5.88. The van der Waals surface area contributed by atoms with E-state index < -0.39 is 0 Å². The summed E-state index contributed by atoms with van der Waals surface area (Å²) in [7, 11) is 1.38. The van der Waals surface area contributed by atoms with E-state index in [2.05, 4.69) is 4.74 Å². The van der Waals surface area contributed by atoms with Gasteiger partial charge in [-0.1, -0.05) is 13.8 Å². The van der Waals surface area contributed by atoms with Crippen molar-refractivity contribution in [2.45, 2.75) is 27.2 Å². The molecule has 0 saturated heterocycles. The first-order valence-corrected chi connectivity index (χ1v) is 4.57. The molecular weight excluding hydrogens is 168 g/mol. The van der Waals surface area contributed by atoms with Crippen molar-refractivity contribution in [3.8, 4) is 0 Å².